The van der Waals surface area contributed by atoms with Crippen LogP contribution in [0.4, 0.5) is 0 Å². The van der Waals surface area contributed by atoms with Crippen LogP contribution >= 0.6 is 13.4 Å². The second-order valence-corrected chi connectivity index (χ2v) is 7.70. The quantitative estimate of drug-likeness (QED) is 0.179. The third-order valence-electron chi connectivity index (χ3n) is 5.51. The van der Waals surface area contributed by atoms with Crippen molar-refractivity contribution >= 4 is 13.4 Å². The number of benzene rings is 2. The van der Waals surface area contributed by atoms with Crippen LogP contribution in [0.3, 0.4) is 0 Å². The van der Waals surface area contributed by atoms with Crippen LogP contribution in [-0.2, 0) is 23.7 Å². The third kappa shape index (κ3) is 7.96. The summed E-state index contributed by atoms with van der Waals surface area (Å²) in [6, 6.07) is 19.1. The molecule has 33 heavy (non-hydrogen) atoms. The Kier molecular flexibility index (Phi) is 11.6. The van der Waals surface area contributed by atoms with Crippen LogP contribution < -0.4 is 0 Å². The second kappa shape index (κ2) is 14.2. The Labute approximate surface area is 216 Å². The minimum atomic E-state index is 0.803. The Hall–Kier alpha value is -2.19. The molecule has 2 aromatic carbocycles. The summed E-state index contributed by atoms with van der Waals surface area (Å²) in [6.07, 6.45) is 7.78. The average Bonchev–Trinajstić information content (AvgIpc) is 3.31. The van der Waals surface area contributed by atoms with E-state index in [1.54, 1.807) is 6.20 Å². The molecule has 0 fully saturated rings. The SMILES string of the molecule is C=CCN1[C]N(Cc2c(C)c(C)cc(C)c2C)C=C1.[Br][Pd+].[c-]1ccccc1-c1ccccn1. The van der Waals surface area contributed by atoms with Crippen LogP contribution in [0.25, 0.3) is 11.3 Å². The smallest absolute Gasteiger partial charge is 0.0160 e. The second-order valence-electron chi connectivity index (χ2n) is 7.70. The van der Waals surface area contributed by atoms with E-state index in [1.807, 2.05) is 59.6 Å². The molecule has 0 aliphatic carbocycles. The van der Waals surface area contributed by atoms with Gasteiger partial charge in [0.05, 0.1) is 0 Å². The zero-order chi connectivity index (χ0) is 24.2. The number of hydrogen-bond acceptors (Lipinski definition) is 3. The molecule has 174 valence electrons. The van der Waals surface area contributed by atoms with Gasteiger partial charge in [-0.05, 0) is 67.3 Å². The van der Waals surface area contributed by atoms with Gasteiger partial charge in [-0.15, -0.1) is 42.5 Å². The van der Waals surface area contributed by atoms with Gasteiger partial charge in [0.1, 0.15) is 0 Å². The van der Waals surface area contributed by atoms with Gasteiger partial charge >= 0.3 is 30.6 Å². The number of aryl methyl sites for hydroxylation is 2. The zero-order valence-electron chi connectivity index (χ0n) is 19.6. The van der Waals surface area contributed by atoms with Crippen molar-refractivity contribution in [2.45, 2.75) is 34.2 Å². The third-order valence-corrected chi connectivity index (χ3v) is 5.51. The first-order valence-corrected chi connectivity index (χ1v) is 14.2. The van der Waals surface area contributed by atoms with Gasteiger partial charge in [-0.3, -0.25) is 0 Å². The van der Waals surface area contributed by atoms with Crippen molar-refractivity contribution < 1.29 is 17.2 Å². The Morgan fingerprint density at radius 2 is 1.67 bits per heavy atom. The maximum atomic E-state index is 4.22. The fourth-order valence-corrected chi connectivity index (χ4v) is 3.50. The molecule has 2 radical (unpaired) electrons. The molecule has 1 aromatic heterocycles. The number of hydrogen-bond donors (Lipinski definition) is 0. The van der Waals surface area contributed by atoms with Gasteiger partial charge in [-0.2, -0.15) is 0 Å². The van der Waals surface area contributed by atoms with E-state index in [0.29, 0.717) is 0 Å². The van der Waals surface area contributed by atoms with E-state index in [-0.39, 0.29) is 0 Å². The molecule has 0 bridgehead atoms. The van der Waals surface area contributed by atoms with Crippen molar-refractivity contribution in [2.24, 2.45) is 0 Å². The number of aromatic nitrogens is 1. The summed E-state index contributed by atoms with van der Waals surface area (Å²) in [5.74, 6) is 0. The Bertz CT molecular complexity index is 972. The summed E-state index contributed by atoms with van der Waals surface area (Å²) < 4.78 is 0. The van der Waals surface area contributed by atoms with Crippen LogP contribution in [0.1, 0.15) is 27.8 Å². The Morgan fingerprint density at radius 1 is 1.00 bits per heavy atom. The predicted octanol–water partition coefficient (Wildman–Crippen LogP) is 7.08. The molecule has 4 rings (SSSR count). The average molecular weight is 595 g/mol. The maximum Gasteiger partial charge on any atom is 0.0160 e. The van der Waals surface area contributed by atoms with E-state index in [4.69, 9.17) is 0 Å². The van der Waals surface area contributed by atoms with Gasteiger partial charge in [0, 0.05) is 31.7 Å². The molecular weight excluding hydrogens is 565 g/mol. The van der Waals surface area contributed by atoms with Gasteiger partial charge in [-0.1, -0.05) is 24.3 Å². The molecular formula is C28H30BrN3Pd. The molecule has 3 aromatic rings. The van der Waals surface area contributed by atoms with Gasteiger partial charge in [0.2, 0.25) is 6.67 Å². The van der Waals surface area contributed by atoms with Crippen LogP contribution in [0.5, 0.6) is 0 Å². The molecule has 0 spiro atoms. The fourth-order valence-electron chi connectivity index (χ4n) is 3.50. The van der Waals surface area contributed by atoms with Gasteiger partial charge in [-0.25, -0.2) is 0 Å². The predicted molar refractivity (Wildman–Crippen MR) is 138 cm³/mol. The number of pyridine rings is 1. The number of halogens is 1. The zero-order valence-corrected chi connectivity index (χ0v) is 22.7. The molecule has 0 saturated carbocycles. The van der Waals surface area contributed by atoms with Crippen LogP contribution in [0.15, 0.2) is 79.8 Å². The summed E-state index contributed by atoms with van der Waals surface area (Å²) in [6.45, 7) is 17.5. The molecule has 3 nitrogen and oxygen atoms in total. The molecule has 1 aliphatic heterocycles. The summed E-state index contributed by atoms with van der Waals surface area (Å²) in [4.78, 5) is 8.34. The Balaban J connectivity index is 0.000000236. The fraction of sp³-hybridized carbons (Fsp3) is 0.214. The van der Waals surface area contributed by atoms with Crippen LogP contribution in [0.2, 0.25) is 0 Å². The molecule has 5 heteroatoms. The topological polar surface area (TPSA) is 19.4 Å². The number of rotatable bonds is 5. The standard InChI is InChI=1S/C17H22N2.C11H8N.BrH.Pd/c1-6-7-18-8-9-19(12-18)11-17-15(4)13(2)10-14(3)16(17)5;1-2-6-10(7-3-1)11-8-4-5-9-12-11;;/h6,8-10H,1,7,11H2,2-5H3;1-6,8-9H;1H;/q;-1;;+2/p-1. The molecule has 0 amide bonds. The van der Waals surface area contributed by atoms with Crippen molar-refractivity contribution in [3.05, 3.63) is 120 Å². The largest absolute Gasteiger partial charge is 0.305 e. The van der Waals surface area contributed by atoms with Crippen molar-refractivity contribution in [1.29, 1.82) is 0 Å². The molecule has 0 atom stereocenters. The van der Waals surface area contributed by atoms with E-state index in [9.17, 15) is 0 Å². The first kappa shape index (κ1) is 27.1. The number of nitrogens with zero attached hydrogens (tertiary/aromatic N) is 3. The van der Waals surface area contributed by atoms with E-state index in [0.717, 1.165) is 24.3 Å². The summed E-state index contributed by atoms with van der Waals surface area (Å²) in [5, 5.41) is 0. The van der Waals surface area contributed by atoms with E-state index >= 15 is 0 Å². The van der Waals surface area contributed by atoms with Crippen molar-refractivity contribution in [3.8, 4) is 11.3 Å². The molecule has 2 heterocycles. The minimum Gasteiger partial charge on any atom is -0.305 e. The van der Waals surface area contributed by atoms with E-state index < -0.39 is 0 Å². The molecule has 0 unspecified atom stereocenters. The molecule has 1 aliphatic rings. The first-order chi connectivity index (χ1) is 16.0. The maximum absolute atomic E-state index is 4.22. The van der Waals surface area contributed by atoms with Crippen molar-refractivity contribution in [3.63, 3.8) is 0 Å². The Morgan fingerprint density at radius 3 is 2.24 bits per heavy atom. The normalized spacial score (nSPS) is 12.0. The van der Waals surface area contributed by atoms with Crippen molar-refractivity contribution in [1.82, 2.24) is 14.8 Å². The van der Waals surface area contributed by atoms with Gasteiger partial charge in [0.15, 0.2) is 0 Å². The summed E-state index contributed by atoms with van der Waals surface area (Å²) >= 11 is 5.35. The van der Waals surface area contributed by atoms with E-state index in [1.165, 1.54) is 27.8 Å². The first-order valence-electron chi connectivity index (χ1n) is 10.6. The van der Waals surface area contributed by atoms with E-state index in [2.05, 4.69) is 99.8 Å². The van der Waals surface area contributed by atoms with Crippen molar-refractivity contribution in [2.75, 3.05) is 6.54 Å². The minimum absolute atomic E-state index is 0.803. The molecule has 0 N–H and O–H groups in total. The van der Waals surface area contributed by atoms with Crippen LogP contribution in [-0.4, -0.2) is 21.3 Å². The summed E-state index contributed by atoms with van der Waals surface area (Å²) in [7, 11) is 0. The van der Waals surface area contributed by atoms with Gasteiger partial charge < -0.3 is 14.8 Å². The molecule has 0 saturated heterocycles. The van der Waals surface area contributed by atoms with Gasteiger partial charge in [0.25, 0.3) is 0 Å². The summed E-state index contributed by atoms with van der Waals surface area (Å²) in [5.41, 5.74) is 8.93. The monoisotopic (exact) mass is 593 g/mol. The van der Waals surface area contributed by atoms with Crippen LogP contribution in [0, 0.1) is 40.4 Å².